The van der Waals surface area contributed by atoms with Crippen molar-refractivity contribution in [1.82, 2.24) is 0 Å². The zero-order chi connectivity index (χ0) is 9.68. The van der Waals surface area contributed by atoms with E-state index in [2.05, 4.69) is 6.92 Å². The number of halogens is 1. The Hall–Kier alpha value is -0.890. The summed E-state index contributed by atoms with van der Waals surface area (Å²) in [6.07, 6.45) is 1.94. The largest absolute Gasteiger partial charge is 0.330 e. The summed E-state index contributed by atoms with van der Waals surface area (Å²) >= 11 is 0. The lowest BCUT2D eigenvalue weighted by atomic mass is 10.0. The van der Waals surface area contributed by atoms with Crippen molar-refractivity contribution >= 4 is 0 Å². The van der Waals surface area contributed by atoms with Gasteiger partial charge in [-0.15, -0.1) is 0 Å². The van der Waals surface area contributed by atoms with E-state index in [1.54, 1.807) is 12.1 Å². The lowest BCUT2D eigenvalue weighted by Crippen LogP contribution is -2.11. The summed E-state index contributed by atoms with van der Waals surface area (Å²) in [5.74, 6) is 0.362. The predicted octanol–water partition coefficient (Wildman–Crippen LogP) is 2.35. The van der Waals surface area contributed by atoms with Crippen LogP contribution < -0.4 is 5.73 Å². The van der Waals surface area contributed by atoms with E-state index in [1.165, 1.54) is 6.07 Å². The average Bonchev–Trinajstić information content (AvgIpc) is 2.14. The van der Waals surface area contributed by atoms with E-state index < -0.39 is 0 Å². The molecule has 2 N–H and O–H groups in total. The van der Waals surface area contributed by atoms with Crippen LogP contribution in [0.4, 0.5) is 4.39 Å². The average molecular weight is 181 g/mol. The maximum atomic E-state index is 12.7. The molecule has 0 heterocycles. The van der Waals surface area contributed by atoms with Gasteiger partial charge in [-0.25, -0.2) is 4.39 Å². The smallest absolute Gasteiger partial charge is 0.123 e. The third-order valence-corrected chi connectivity index (χ3v) is 2.22. The summed E-state index contributed by atoms with van der Waals surface area (Å²) in [5.41, 5.74) is 6.55. The first-order valence-corrected chi connectivity index (χ1v) is 4.67. The molecule has 0 aromatic heterocycles. The van der Waals surface area contributed by atoms with Crippen LogP contribution in [0.1, 0.15) is 18.9 Å². The molecule has 1 unspecified atom stereocenters. The molecule has 0 aliphatic rings. The van der Waals surface area contributed by atoms with Gasteiger partial charge in [-0.1, -0.05) is 19.1 Å². The van der Waals surface area contributed by atoms with Gasteiger partial charge in [0.2, 0.25) is 0 Å². The zero-order valence-corrected chi connectivity index (χ0v) is 7.96. The Labute approximate surface area is 78.8 Å². The molecule has 0 radical (unpaired) electrons. The van der Waals surface area contributed by atoms with Gasteiger partial charge in [-0.3, -0.25) is 0 Å². The molecular formula is C11H16FN. The highest BCUT2D eigenvalue weighted by atomic mass is 19.1. The van der Waals surface area contributed by atoms with Crippen molar-refractivity contribution < 1.29 is 4.39 Å². The normalized spacial score (nSPS) is 12.8. The summed E-state index contributed by atoms with van der Waals surface area (Å²) in [4.78, 5) is 0. The Morgan fingerprint density at radius 1 is 1.46 bits per heavy atom. The lowest BCUT2D eigenvalue weighted by molar-refractivity contribution is 0.542. The van der Waals surface area contributed by atoms with Gasteiger partial charge in [0.05, 0.1) is 0 Å². The highest BCUT2D eigenvalue weighted by molar-refractivity contribution is 5.16. The van der Waals surface area contributed by atoms with Gasteiger partial charge in [0.25, 0.3) is 0 Å². The zero-order valence-electron chi connectivity index (χ0n) is 7.96. The predicted molar refractivity (Wildman–Crippen MR) is 52.9 cm³/mol. The fraction of sp³-hybridized carbons (Fsp3) is 0.455. The molecule has 13 heavy (non-hydrogen) atoms. The Morgan fingerprint density at radius 2 is 2.23 bits per heavy atom. The molecule has 1 aromatic carbocycles. The number of rotatable bonds is 4. The Morgan fingerprint density at radius 3 is 2.85 bits per heavy atom. The molecule has 0 bridgehead atoms. The molecular weight excluding hydrogens is 165 g/mol. The molecule has 0 aliphatic carbocycles. The van der Waals surface area contributed by atoms with Crippen molar-refractivity contribution in [2.75, 3.05) is 6.54 Å². The summed E-state index contributed by atoms with van der Waals surface area (Å²) in [6, 6.07) is 6.75. The van der Waals surface area contributed by atoms with Gasteiger partial charge in [0, 0.05) is 0 Å². The minimum Gasteiger partial charge on any atom is -0.330 e. The highest BCUT2D eigenvalue weighted by Crippen LogP contribution is 2.09. The van der Waals surface area contributed by atoms with Gasteiger partial charge < -0.3 is 5.73 Å². The van der Waals surface area contributed by atoms with Crippen LogP contribution in [0, 0.1) is 11.7 Å². The number of nitrogens with two attached hydrogens (primary N) is 1. The molecule has 0 spiro atoms. The van der Waals surface area contributed by atoms with E-state index >= 15 is 0 Å². The summed E-state index contributed by atoms with van der Waals surface area (Å²) < 4.78 is 12.7. The van der Waals surface area contributed by atoms with E-state index in [0.717, 1.165) is 18.4 Å². The number of hydrogen-bond donors (Lipinski definition) is 1. The molecule has 1 atom stereocenters. The van der Waals surface area contributed by atoms with Crippen LogP contribution in [0.25, 0.3) is 0 Å². The molecule has 1 aromatic rings. The summed E-state index contributed by atoms with van der Waals surface area (Å²) in [7, 11) is 0. The maximum absolute atomic E-state index is 12.7. The Balaban J connectivity index is 2.45. The van der Waals surface area contributed by atoms with Crippen molar-refractivity contribution in [3.8, 4) is 0 Å². The van der Waals surface area contributed by atoms with Gasteiger partial charge in [0.1, 0.15) is 5.82 Å². The quantitative estimate of drug-likeness (QED) is 0.758. The van der Waals surface area contributed by atoms with Crippen LogP contribution >= 0.6 is 0 Å². The Bertz CT molecular complexity index is 260. The molecule has 2 heteroatoms. The summed E-state index contributed by atoms with van der Waals surface area (Å²) in [6.45, 7) is 2.81. The SMILES string of the molecule is CC(CN)CCc1cccc(F)c1. The molecule has 0 fully saturated rings. The van der Waals surface area contributed by atoms with Gasteiger partial charge in [0.15, 0.2) is 0 Å². The number of hydrogen-bond acceptors (Lipinski definition) is 1. The molecule has 0 saturated heterocycles. The van der Waals surface area contributed by atoms with E-state index in [4.69, 9.17) is 5.73 Å². The van der Waals surface area contributed by atoms with Crippen molar-refractivity contribution in [2.24, 2.45) is 11.7 Å². The number of benzene rings is 1. The minimum absolute atomic E-state index is 0.155. The second-order valence-electron chi connectivity index (χ2n) is 3.51. The monoisotopic (exact) mass is 181 g/mol. The fourth-order valence-electron chi connectivity index (χ4n) is 1.22. The second-order valence-corrected chi connectivity index (χ2v) is 3.51. The first-order valence-electron chi connectivity index (χ1n) is 4.67. The van der Waals surface area contributed by atoms with Crippen molar-refractivity contribution in [3.05, 3.63) is 35.6 Å². The Kier molecular flexibility index (Phi) is 3.90. The first kappa shape index (κ1) is 10.2. The first-order chi connectivity index (χ1) is 6.22. The van der Waals surface area contributed by atoms with E-state index in [-0.39, 0.29) is 5.82 Å². The van der Waals surface area contributed by atoms with Gasteiger partial charge >= 0.3 is 0 Å². The molecule has 1 rings (SSSR count). The van der Waals surface area contributed by atoms with Gasteiger partial charge in [-0.05, 0) is 43.0 Å². The van der Waals surface area contributed by atoms with Gasteiger partial charge in [-0.2, -0.15) is 0 Å². The van der Waals surface area contributed by atoms with Crippen molar-refractivity contribution in [1.29, 1.82) is 0 Å². The van der Waals surface area contributed by atoms with Crippen LogP contribution in [0.15, 0.2) is 24.3 Å². The molecule has 0 amide bonds. The van der Waals surface area contributed by atoms with Crippen molar-refractivity contribution in [2.45, 2.75) is 19.8 Å². The third-order valence-electron chi connectivity index (χ3n) is 2.22. The van der Waals surface area contributed by atoms with Crippen LogP contribution in [0.5, 0.6) is 0 Å². The second kappa shape index (κ2) is 4.97. The molecule has 1 nitrogen and oxygen atoms in total. The lowest BCUT2D eigenvalue weighted by Gasteiger charge is -2.07. The van der Waals surface area contributed by atoms with Crippen LogP contribution in [-0.2, 0) is 6.42 Å². The third kappa shape index (κ3) is 3.55. The minimum atomic E-state index is -0.155. The summed E-state index contributed by atoms with van der Waals surface area (Å²) in [5, 5.41) is 0. The number of aryl methyl sites for hydroxylation is 1. The topological polar surface area (TPSA) is 26.0 Å². The van der Waals surface area contributed by atoms with Crippen LogP contribution in [-0.4, -0.2) is 6.54 Å². The highest BCUT2D eigenvalue weighted by Gasteiger charge is 2.00. The molecule has 0 saturated carbocycles. The standard InChI is InChI=1S/C11H16FN/c1-9(8-13)5-6-10-3-2-4-11(12)7-10/h2-4,7,9H,5-6,8,13H2,1H3. The fourth-order valence-corrected chi connectivity index (χ4v) is 1.22. The van der Waals surface area contributed by atoms with E-state index in [0.29, 0.717) is 12.5 Å². The molecule has 72 valence electrons. The van der Waals surface area contributed by atoms with E-state index in [1.807, 2.05) is 6.07 Å². The van der Waals surface area contributed by atoms with Crippen LogP contribution in [0.3, 0.4) is 0 Å². The maximum Gasteiger partial charge on any atom is 0.123 e. The van der Waals surface area contributed by atoms with Crippen LogP contribution in [0.2, 0.25) is 0 Å². The van der Waals surface area contributed by atoms with E-state index in [9.17, 15) is 4.39 Å². The van der Waals surface area contributed by atoms with Crippen molar-refractivity contribution in [3.63, 3.8) is 0 Å². The molecule has 0 aliphatic heterocycles.